The molecule has 52 valence electrons. The summed E-state index contributed by atoms with van der Waals surface area (Å²) in [4.78, 5) is 10.4. The standard InChI is InChI=1S/C6H10O2S/c1-8-6(4-7)2-3-9-5-6/h4H,2-3,5H2,1H3. The van der Waals surface area contributed by atoms with Gasteiger partial charge in [0.15, 0.2) is 6.29 Å². The van der Waals surface area contributed by atoms with E-state index in [0.29, 0.717) is 0 Å². The predicted molar refractivity (Wildman–Crippen MR) is 37.7 cm³/mol. The van der Waals surface area contributed by atoms with E-state index in [-0.39, 0.29) is 0 Å². The lowest BCUT2D eigenvalue weighted by atomic mass is 10.1. The Labute approximate surface area is 59.0 Å². The first-order valence-electron chi connectivity index (χ1n) is 2.92. The smallest absolute Gasteiger partial charge is 0.152 e. The SMILES string of the molecule is COC1(C=O)CCSC1. The van der Waals surface area contributed by atoms with Crippen molar-refractivity contribution in [1.82, 2.24) is 0 Å². The minimum absolute atomic E-state index is 0.440. The summed E-state index contributed by atoms with van der Waals surface area (Å²) >= 11 is 1.77. The maximum atomic E-state index is 10.4. The maximum absolute atomic E-state index is 10.4. The molecule has 1 saturated heterocycles. The molecule has 1 fully saturated rings. The van der Waals surface area contributed by atoms with Crippen molar-refractivity contribution < 1.29 is 9.53 Å². The minimum Gasteiger partial charge on any atom is -0.370 e. The number of carbonyl (C=O) groups excluding carboxylic acids is 1. The van der Waals surface area contributed by atoms with Gasteiger partial charge in [0.1, 0.15) is 5.60 Å². The Morgan fingerprint density at radius 1 is 1.78 bits per heavy atom. The number of ether oxygens (including phenoxy) is 1. The molecule has 0 amide bonds. The lowest BCUT2D eigenvalue weighted by molar-refractivity contribution is -0.124. The molecule has 0 aliphatic carbocycles. The van der Waals surface area contributed by atoms with Gasteiger partial charge in [-0.05, 0) is 12.2 Å². The van der Waals surface area contributed by atoms with Crippen molar-refractivity contribution in [1.29, 1.82) is 0 Å². The van der Waals surface area contributed by atoms with Gasteiger partial charge in [-0.3, -0.25) is 0 Å². The zero-order chi connectivity index (χ0) is 6.74. The number of methoxy groups -OCH3 is 1. The number of hydrogen-bond donors (Lipinski definition) is 0. The molecule has 1 atom stereocenters. The van der Waals surface area contributed by atoms with Crippen LogP contribution < -0.4 is 0 Å². The van der Waals surface area contributed by atoms with Gasteiger partial charge in [-0.2, -0.15) is 11.8 Å². The van der Waals surface area contributed by atoms with Gasteiger partial charge in [0.05, 0.1) is 0 Å². The number of thioether (sulfide) groups is 1. The molecule has 1 unspecified atom stereocenters. The molecule has 2 nitrogen and oxygen atoms in total. The van der Waals surface area contributed by atoms with Gasteiger partial charge in [-0.25, -0.2) is 0 Å². The molecule has 0 radical (unpaired) electrons. The third-order valence-corrected chi connectivity index (χ3v) is 2.82. The van der Waals surface area contributed by atoms with Crippen LogP contribution in [-0.4, -0.2) is 30.5 Å². The minimum atomic E-state index is -0.440. The average molecular weight is 146 g/mol. The second-order valence-electron chi connectivity index (χ2n) is 2.19. The summed E-state index contributed by atoms with van der Waals surface area (Å²) in [7, 11) is 1.60. The lowest BCUT2D eigenvalue weighted by Gasteiger charge is -2.17. The molecule has 0 aromatic heterocycles. The normalized spacial score (nSPS) is 34.8. The van der Waals surface area contributed by atoms with E-state index in [1.807, 2.05) is 0 Å². The van der Waals surface area contributed by atoms with Gasteiger partial charge in [-0.1, -0.05) is 0 Å². The molecule has 9 heavy (non-hydrogen) atoms. The molecule has 1 aliphatic heterocycles. The number of carbonyl (C=O) groups is 1. The highest BCUT2D eigenvalue weighted by molar-refractivity contribution is 7.99. The summed E-state index contributed by atoms with van der Waals surface area (Å²) < 4.78 is 5.06. The third kappa shape index (κ3) is 1.27. The molecule has 1 heterocycles. The highest BCUT2D eigenvalue weighted by Gasteiger charge is 2.33. The third-order valence-electron chi connectivity index (χ3n) is 1.64. The van der Waals surface area contributed by atoms with Crippen molar-refractivity contribution in [2.75, 3.05) is 18.6 Å². The van der Waals surface area contributed by atoms with E-state index >= 15 is 0 Å². The zero-order valence-electron chi connectivity index (χ0n) is 5.42. The van der Waals surface area contributed by atoms with Crippen molar-refractivity contribution in [2.45, 2.75) is 12.0 Å². The number of aldehydes is 1. The first kappa shape index (κ1) is 7.09. The number of hydrogen-bond acceptors (Lipinski definition) is 3. The molecule has 3 heteroatoms. The van der Waals surface area contributed by atoms with Crippen molar-refractivity contribution in [2.24, 2.45) is 0 Å². The Kier molecular flexibility index (Phi) is 2.13. The Hall–Kier alpha value is -0.0200. The van der Waals surface area contributed by atoms with Crippen LogP contribution in [0, 0.1) is 0 Å². The fourth-order valence-corrected chi connectivity index (χ4v) is 2.17. The summed E-state index contributed by atoms with van der Waals surface area (Å²) in [6.07, 6.45) is 1.80. The second-order valence-corrected chi connectivity index (χ2v) is 3.29. The lowest BCUT2D eigenvalue weighted by Crippen LogP contribution is -2.32. The molecular formula is C6H10O2S. The molecule has 0 aromatic carbocycles. The first-order valence-corrected chi connectivity index (χ1v) is 4.08. The van der Waals surface area contributed by atoms with E-state index in [0.717, 1.165) is 24.2 Å². The van der Waals surface area contributed by atoms with Crippen LogP contribution in [0.1, 0.15) is 6.42 Å². The van der Waals surface area contributed by atoms with Gasteiger partial charge < -0.3 is 9.53 Å². The topological polar surface area (TPSA) is 26.3 Å². The van der Waals surface area contributed by atoms with Crippen molar-refractivity contribution >= 4 is 18.0 Å². The van der Waals surface area contributed by atoms with E-state index in [1.54, 1.807) is 18.9 Å². The number of rotatable bonds is 2. The molecular weight excluding hydrogens is 136 g/mol. The quantitative estimate of drug-likeness (QED) is 0.537. The van der Waals surface area contributed by atoms with Crippen LogP contribution in [-0.2, 0) is 9.53 Å². The van der Waals surface area contributed by atoms with E-state index in [9.17, 15) is 4.79 Å². The van der Waals surface area contributed by atoms with Crippen LogP contribution in [0.4, 0.5) is 0 Å². The van der Waals surface area contributed by atoms with Crippen LogP contribution in [0.3, 0.4) is 0 Å². The maximum Gasteiger partial charge on any atom is 0.152 e. The highest BCUT2D eigenvalue weighted by Crippen LogP contribution is 2.28. The summed E-state index contributed by atoms with van der Waals surface area (Å²) in [5.41, 5.74) is -0.440. The van der Waals surface area contributed by atoms with E-state index < -0.39 is 5.60 Å². The Bertz CT molecular complexity index is 108. The second kappa shape index (κ2) is 2.71. The Balaban J connectivity index is 2.55. The van der Waals surface area contributed by atoms with Crippen LogP contribution in [0.15, 0.2) is 0 Å². The zero-order valence-corrected chi connectivity index (χ0v) is 6.24. The van der Waals surface area contributed by atoms with Crippen LogP contribution in [0.25, 0.3) is 0 Å². The van der Waals surface area contributed by atoms with E-state index in [1.165, 1.54) is 0 Å². The van der Waals surface area contributed by atoms with Gasteiger partial charge in [0, 0.05) is 12.9 Å². The Morgan fingerprint density at radius 3 is 2.78 bits per heavy atom. The van der Waals surface area contributed by atoms with E-state index in [2.05, 4.69) is 0 Å². The fourth-order valence-electron chi connectivity index (χ4n) is 0.864. The molecule has 0 spiro atoms. The summed E-state index contributed by atoms with van der Waals surface area (Å²) in [6, 6.07) is 0. The molecule has 0 saturated carbocycles. The molecule has 1 aliphatic rings. The summed E-state index contributed by atoms with van der Waals surface area (Å²) in [5, 5.41) is 0. The summed E-state index contributed by atoms with van der Waals surface area (Å²) in [5.74, 6) is 1.87. The van der Waals surface area contributed by atoms with Crippen LogP contribution in [0.5, 0.6) is 0 Å². The highest BCUT2D eigenvalue weighted by atomic mass is 32.2. The van der Waals surface area contributed by atoms with Crippen molar-refractivity contribution in [3.63, 3.8) is 0 Å². The summed E-state index contributed by atoms with van der Waals surface area (Å²) in [6.45, 7) is 0. The molecule has 0 aromatic rings. The van der Waals surface area contributed by atoms with Gasteiger partial charge in [0.25, 0.3) is 0 Å². The molecule has 0 N–H and O–H groups in total. The Morgan fingerprint density at radius 2 is 2.56 bits per heavy atom. The molecule has 1 rings (SSSR count). The fraction of sp³-hybridized carbons (Fsp3) is 0.833. The van der Waals surface area contributed by atoms with Crippen molar-refractivity contribution in [3.05, 3.63) is 0 Å². The van der Waals surface area contributed by atoms with Gasteiger partial charge >= 0.3 is 0 Å². The average Bonchev–Trinajstić information content (AvgIpc) is 2.36. The van der Waals surface area contributed by atoms with Crippen LogP contribution in [0.2, 0.25) is 0 Å². The predicted octanol–water partition coefficient (Wildman–Crippen LogP) is 0.707. The van der Waals surface area contributed by atoms with Gasteiger partial charge in [0.2, 0.25) is 0 Å². The van der Waals surface area contributed by atoms with Crippen molar-refractivity contribution in [3.8, 4) is 0 Å². The monoisotopic (exact) mass is 146 g/mol. The van der Waals surface area contributed by atoms with E-state index in [4.69, 9.17) is 4.74 Å². The largest absolute Gasteiger partial charge is 0.370 e. The van der Waals surface area contributed by atoms with Crippen LogP contribution >= 0.6 is 11.8 Å². The van der Waals surface area contributed by atoms with Gasteiger partial charge in [-0.15, -0.1) is 0 Å². The first-order chi connectivity index (χ1) is 4.33. The molecule has 0 bridgehead atoms.